The van der Waals surface area contributed by atoms with Crippen molar-refractivity contribution in [3.05, 3.63) is 52.5 Å². The van der Waals surface area contributed by atoms with Gasteiger partial charge in [-0.15, -0.1) is 0 Å². The second-order valence-corrected chi connectivity index (χ2v) is 7.17. The first kappa shape index (κ1) is 14.9. The first-order valence-corrected chi connectivity index (χ1v) is 8.27. The van der Waals surface area contributed by atoms with E-state index in [1.165, 1.54) is 6.07 Å². The molecule has 106 valence electrons. The molecule has 4 nitrogen and oxygen atoms in total. The number of hydrogen-bond acceptors (Lipinski definition) is 4. The average Bonchev–Trinajstić information content (AvgIpc) is 2.41. The van der Waals surface area contributed by atoms with Crippen LogP contribution in [0.1, 0.15) is 5.56 Å². The van der Waals surface area contributed by atoms with Crippen molar-refractivity contribution in [1.82, 2.24) is 0 Å². The summed E-state index contributed by atoms with van der Waals surface area (Å²) in [5, 5.41) is 0. The predicted octanol–water partition coefficient (Wildman–Crippen LogP) is 3.01. The molecule has 0 aliphatic heterocycles. The van der Waals surface area contributed by atoms with Gasteiger partial charge in [0.1, 0.15) is 5.75 Å². The molecule has 0 radical (unpaired) electrons. The molecule has 0 saturated carbocycles. The van der Waals surface area contributed by atoms with Crippen LogP contribution in [0.2, 0.25) is 0 Å². The van der Waals surface area contributed by atoms with E-state index >= 15 is 0 Å². The Hall–Kier alpha value is -1.53. The molecule has 0 bridgehead atoms. The van der Waals surface area contributed by atoms with Gasteiger partial charge in [-0.2, -0.15) is 0 Å². The van der Waals surface area contributed by atoms with Crippen molar-refractivity contribution in [2.45, 2.75) is 10.6 Å². The SMILES string of the molecule is COc1cccc(CS(=O)(=O)c2cc(Br)ccc2N)c1. The number of hydrogen-bond donors (Lipinski definition) is 1. The summed E-state index contributed by atoms with van der Waals surface area (Å²) in [5.41, 5.74) is 6.66. The molecule has 0 fully saturated rings. The van der Waals surface area contributed by atoms with Crippen molar-refractivity contribution in [2.24, 2.45) is 0 Å². The average molecular weight is 356 g/mol. The van der Waals surface area contributed by atoms with E-state index in [9.17, 15) is 8.42 Å². The first-order valence-electron chi connectivity index (χ1n) is 5.83. The summed E-state index contributed by atoms with van der Waals surface area (Å²) in [6.45, 7) is 0. The number of methoxy groups -OCH3 is 1. The lowest BCUT2D eigenvalue weighted by Crippen LogP contribution is -2.08. The molecule has 2 aromatic carbocycles. The summed E-state index contributed by atoms with van der Waals surface area (Å²) in [5.74, 6) is 0.505. The fraction of sp³-hybridized carbons (Fsp3) is 0.143. The largest absolute Gasteiger partial charge is 0.497 e. The number of rotatable bonds is 4. The third-order valence-corrected chi connectivity index (χ3v) is 5.03. The Morgan fingerprint density at radius 1 is 1.20 bits per heavy atom. The van der Waals surface area contributed by atoms with Gasteiger partial charge in [-0.05, 0) is 35.9 Å². The number of benzene rings is 2. The Balaban J connectivity index is 2.38. The molecule has 0 aliphatic carbocycles. The Morgan fingerprint density at radius 2 is 1.95 bits per heavy atom. The van der Waals surface area contributed by atoms with Crippen LogP contribution in [0.4, 0.5) is 5.69 Å². The predicted molar refractivity (Wildman–Crippen MR) is 82.4 cm³/mol. The Morgan fingerprint density at radius 3 is 2.65 bits per heavy atom. The first-order chi connectivity index (χ1) is 9.42. The Bertz CT molecular complexity index is 729. The van der Waals surface area contributed by atoms with Crippen molar-refractivity contribution in [3.63, 3.8) is 0 Å². The van der Waals surface area contributed by atoms with E-state index in [4.69, 9.17) is 10.5 Å². The molecule has 0 aliphatic rings. The fourth-order valence-electron chi connectivity index (χ4n) is 1.84. The van der Waals surface area contributed by atoms with Crippen LogP contribution in [-0.4, -0.2) is 15.5 Å². The molecule has 0 spiro atoms. The van der Waals surface area contributed by atoms with Crippen LogP contribution in [-0.2, 0) is 15.6 Å². The molecule has 0 saturated heterocycles. The highest BCUT2D eigenvalue weighted by atomic mass is 79.9. The molecule has 2 rings (SSSR count). The normalized spacial score (nSPS) is 11.3. The number of nitrogens with two attached hydrogens (primary N) is 1. The lowest BCUT2D eigenvalue weighted by atomic mass is 10.2. The minimum atomic E-state index is -3.50. The van der Waals surface area contributed by atoms with E-state index in [0.717, 1.165) is 0 Å². The number of ether oxygens (including phenoxy) is 1. The minimum absolute atomic E-state index is 0.120. The van der Waals surface area contributed by atoms with Gasteiger partial charge in [0, 0.05) is 4.47 Å². The lowest BCUT2D eigenvalue weighted by Gasteiger charge is -2.09. The molecule has 0 aromatic heterocycles. The second kappa shape index (κ2) is 5.85. The molecule has 6 heteroatoms. The number of sulfone groups is 1. The Labute approximate surface area is 126 Å². The number of nitrogen functional groups attached to an aromatic ring is 1. The molecule has 0 amide bonds. The van der Waals surface area contributed by atoms with Gasteiger partial charge in [0.25, 0.3) is 0 Å². The number of halogens is 1. The van der Waals surface area contributed by atoms with Gasteiger partial charge in [0.05, 0.1) is 23.4 Å². The maximum absolute atomic E-state index is 12.4. The smallest absolute Gasteiger partial charge is 0.184 e. The van der Waals surface area contributed by atoms with Gasteiger partial charge >= 0.3 is 0 Å². The van der Waals surface area contributed by atoms with E-state index in [0.29, 0.717) is 15.8 Å². The highest BCUT2D eigenvalue weighted by Gasteiger charge is 2.19. The summed E-state index contributed by atoms with van der Waals surface area (Å²) in [6.07, 6.45) is 0. The van der Waals surface area contributed by atoms with Gasteiger partial charge in [-0.25, -0.2) is 8.42 Å². The van der Waals surface area contributed by atoms with E-state index in [-0.39, 0.29) is 16.3 Å². The maximum Gasteiger partial charge on any atom is 0.184 e. The quantitative estimate of drug-likeness (QED) is 0.855. The summed E-state index contributed by atoms with van der Waals surface area (Å²) in [6, 6.07) is 11.8. The van der Waals surface area contributed by atoms with Crippen molar-refractivity contribution in [2.75, 3.05) is 12.8 Å². The van der Waals surface area contributed by atoms with E-state index in [2.05, 4.69) is 15.9 Å². The van der Waals surface area contributed by atoms with Crippen LogP contribution in [0.5, 0.6) is 5.75 Å². The van der Waals surface area contributed by atoms with Crippen LogP contribution in [0.15, 0.2) is 51.8 Å². The van der Waals surface area contributed by atoms with Gasteiger partial charge < -0.3 is 10.5 Å². The van der Waals surface area contributed by atoms with Crippen LogP contribution in [0.3, 0.4) is 0 Å². The van der Waals surface area contributed by atoms with E-state index in [1.807, 2.05) is 0 Å². The second-order valence-electron chi connectivity index (χ2n) is 4.29. The summed E-state index contributed by atoms with van der Waals surface area (Å²) in [7, 11) is -1.96. The van der Waals surface area contributed by atoms with Crippen LogP contribution >= 0.6 is 15.9 Å². The van der Waals surface area contributed by atoms with Crippen LogP contribution in [0, 0.1) is 0 Å². The molecular weight excluding hydrogens is 342 g/mol. The monoisotopic (exact) mass is 355 g/mol. The van der Waals surface area contributed by atoms with Gasteiger partial charge in [0.2, 0.25) is 0 Å². The number of anilines is 1. The summed E-state index contributed by atoms with van der Waals surface area (Å²) < 4.78 is 30.6. The van der Waals surface area contributed by atoms with Crippen molar-refractivity contribution >= 4 is 31.5 Å². The third kappa shape index (κ3) is 3.32. The lowest BCUT2D eigenvalue weighted by molar-refractivity contribution is 0.414. The zero-order valence-corrected chi connectivity index (χ0v) is 13.2. The highest BCUT2D eigenvalue weighted by Crippen LogP contribution is 2.26. The van der Waals surface area contributed by atoms with Gasteiger partial charge in [0.15, 0.2) is 9.84 Å². The minimum Gasteiger partial charge on any atom is -0.497 e. The van der Waals surface area contributed by atoms with Crippen LogP contribution < -0.4 is 10.5 Å². The Kier molecular flexibility index (Phi) is 4.35. The molecular formula is C14H14BrNO3S. The topological polar surface area (TPSA) is 69.4 Å². The summed E-state index contributed by atoms with van der Waals surface area (Å²) in [4.78, 5) is 0.134. The highest BCUT2D eigenvalue weighted by molar-refractivity contribution is 9.10. The molecule has 20 heavy (non-hydrogen) atoms. The summed E-state index contributed by atoms with van der Waals surface area (Å²) >= 11 is 3.26. The third-order valence-electron chi connectivity index (χ3n) is 2.80. The standard InChI is InChI=1S/C14H14BrNO3S/c1-19-12-4-2-3-10(7-12)9-20(17,18)14-8-11(15)5-6-13(14)16/h2-8H,9,16H2,1H3. The fourth-order valence-corrected chi connectivity index (χ4v) is 3.86. The van der Waals surface area contributed by atoms with Gasteiger partial charge in [-0.1, -0.05) is 28.1 Å². The zero-order valence-electron chi connectivity index (χ0n) is 10.8. The molecule has 0 atom stereocenters. The molecule has 2 N–H and O–H groups in total. The van der Waals surface area contributed by atoms with Crippen molar-refractivity contribution in [3.8, 4) is 5.75 Å². The van der Waals surface area contributed by atoms with Crippen LogP contribution in [0.25, 0.3) is 0 Å². The van der Waals surface area contributed by atoms with Gasteiger partial charge in [-0.3, -0.25) is 0 Å². The van der Waals surface area contributed by atoms with E-state index in [1.54, 1.807) is 43.5 Å². The molecule has 0 unspecified atom stereocenters. The zero-order chi connectivity index (χ0) is 14.8. The molecule has 2 aromatic rings. The van der Waals surface area contributed by atoms with E-state index < -0.39 is 9.84 Å². The van der Waals surface area contributed by atoms with Crippen molar-refractivity contribution < 1.29 is 13.2 Å². The maximum atomic E-state index is 12.4. The van der Waals surface area contributed by atoms with Crippen molar-refractivity contribution in [1.29, 1.82) is 0 Å². The molecule has 0 heterocycles.